The summed E-state index contributed by atoms with van der Waals surface area (Å²) in [5, 5.41) is 3.01. The molecule has 1 rings (SSSR count). The molecule has 0 bridgehead atoms. The molecular formula is C12H20N4O. The van der Waals surface area contributed by atoms with Crippen LogP contribution in [0.15, 0.2) is 12.4 Å². The zero-order valence-electron chi connectivity index (χ0n) is 10.9. The van der Waals surface area contributed by atoms with Gasteiger partial charge in [0, 0.05) is 25.4 Å². The average Bonchev–Trinajstić information content (AvgIpc) is 2.35. The molecule has 1 aromatic heterocycles. The summed E-state index contributed by atoms with van der Waals surface area (Å²) in [6.07, 6.45) is 1.52. The van der Waals surface area contributed by atoms with Gasteiger partial charge in [-0.3, -0.25) is 4.79 Å². The molecule has 0 radical (unpaired) electrons. The van der Waals surface area contributed by atoms with Crippen LogP contribution in [0, 0.1) is 0 Å². The van der Waals surface area contributed by atoms with Gasteiger partial charge < -0.3 is 10.2 Å². The van der Waals surface area contributed by atoms with Crippen molar-refractivity contribution in [1.29, 1.82) is 0 Å². The fourth-order valence-electron chi connectivity index (χ4n) is 1.26. The smallest absolute Gasteiger partial charge is 0.241 e. The van der Waals surface area contributed by atoms with Gasteiger partial charge in [-0.2, -0.15) is 0 Å². The number of rotatable bonds is 5. The van der Waals surface area contributed by atoms with Crippen molar-refractivity contribution in [1.82, 2.24) is 14.9 Å². The summed E-state index contributed by atoms with van der Waals surface area (Å²) < 4.78 is 0. The SMILES string of the molecule is CCN(C)C(=O)CNc1cc(C(C)C)ncn1. The number of likely N-dealkylation sites (N-methyl/N-ethyl adjacent to an activating group) is 1. The van der Waals surface area contributed by atoms with Gasteiger partial charge in [0.1, 0.15) is 12.1 Å². The second-order valence-electron chi connectivity index (χ2n) is 4.24. The molecule has 0 unspecified atom stereocenters. The summed E-state index contributed by atoms with van der Waals surface area (Å²) in [4.78, 5) is 21.5. The van der Waals surface area contributed by atoms with Gasteiger partial charge in [0.15, 0.2) is 0 Å². The molecule has 1 heterocycles. The summed E-state index contributed by atoms with van der Waals surface area (Å²) >= 11 is 0. The maximum Gasteiger partial charge on any atom is 0.241 e. The van der Waals surface area contributed by atoms with E-state index in [2.05, 4.69) is 29.1 Å². The zero-order valence-corrected chi connectivity index (χ0v) is 10.9. The number of aromatic nitrogens is 2. The van der Waals surface area contributed by atoms with Crippen LogP contribution < -0.4 is 5.32 Å². The second kappa shape index (κ2) is 6.18. The molecule has 1 aromatic rings. The summed E-state index contributed by atoms with van der Waals surface area (Å²) in [5.41, 5.74) is 0.971. The molecule has 94 valence electrons. The van der Waals surface area contributed by atoms with E-state index in [0.717, 1.165) is 5.69 Å². The van der Waals surface area contributed by atoms with E-state index in [1.165, 1.54) is 6.33 Å². The van der Waals surface area contributed by atoms with E-state index in [0.29, 0.717) is 18.3 Å². The van der Waals surface area contributed by atoms with E-state index in [1.807, 2.05) is 13.0 Å². The lowest BCUT2D eigenvalue weighted by molar-refractivity contribution is -0.127. The van der Waals surface area contributed by atoms with E-state index in [4.69, 9.17) is 0 Å². The normalized spacial score (nSPS) is 10.4. The second-order valence-corrected chi connectivity index (χ2v) is 4.24. The van der Waals surface area contributed by atoms with Gasteiger partial charge in [-0.1, -0.05) is 13.8 Å². The van der Waals surface area contributed by atoms with Gasteiger partial charge in [0.05, 0.1) is 6.54 Å². The van der Waals surface area contributed by atoms with Crippen LogP contribution in [-0.4, -0.2) is 40.9 Å². The van der Waals surface area contributed by atoms with Crippen LogP contribution in [0.2, 0.25) is 0 Å². The van der Waals surface area contributed by atoms with Gasteiger partial charge in [0.25, 0.3) is 0 Å². The molecule has 1 N–H and O–H groups in total. The zero-order chi connectivity index (χ0) is 12.8. The molecule has 0 spiro atoms. The minimum absolute atomic E-state index is 0.0530. The molecular weight excluding hydrogens is 216 g/mol. The number of carbonyl (C=O) groups excluding carboxylic acids is 1. The van der Waals surface area contributed by atoms with Crippen molar-refractivity contribution >= 4 is 11.7 Å². The van der Waals surface area contributed by atoms with Crippen LogP contribution in [-0.2, 0) is 4.79 Å². The number of nitrogens with one attached hydrogen (secondary N) is 1. The Bertz CT molecular complexity index is 379. The summed E-state index contributed by atoms with van der Waals surface area (Å²) in [7, 11) is 1.78. The highest BCUT2D eigenvalue weighted by Gasteiger charge is 2.07. The van der Waals surface area contributed by atoms with Gasteiger partial charge in [-0.15, -0.1) is 0 Å². The Hall–Kier alpha value is -1.65. The topological polar surface area (TPSA) is 58.1 Å². The maximum atomic E-state index is 11.6. The van der Waals surface area contributed by atoms with Gasteiger partial charge in [-0.25, -0.2) is 9.97 Å². The molecule has 0 aliphatic heterocycles. The monoisotopic (exact) mass is 236 g/mol. The van der Waals surface area contributed by atoms with Crippen molar-refractivity contribution in [2.45, 2.75) is 26.7 Å². The third-order valence-electron chi connectivity index (χ3n) is 2.60. The summed E-state index contributed by atoms with van der Waals surface area (Å²) in [6, 6.07) is 1.88. The van der Waals surface area contributed by atoms with Crippen molar-refractivity contribution in [3.63, 3.8) is 0 Å². The fourth-order valence-corrected chi connectivity index (χ4v) is 1.26. The van der Waals surface area contributed by atoms with Crippen LogP contribution >= 0.6 is 0 Å². The Balaban J connectivity index is 2.57. The quantitative estimate of drug-likeness (QED) is 0.841. The number of amides is 1. The highest BCUT2D eigenvalue weighted by Crippen LogP contribution is 2.13. The minimum atomic E-state index is 0.0530. The summed E-state index contributed by atoms with van der Waals surface area (Å²) in [6.45, 7) is 7.06. The molecule has 17 heavy (non-hydrogen) atoms. The number of nitrogens with zero attached hydrogens (tertiary/aromatic N) is 3. The van der Waals surface area contributed by atoms with Crippen LogP contribution in [0.5, 0.6) is 0 Å². The number of hydrogen-bond donors (Lipinski definition) is 1. The predicted octanol–water partition coefficient (Wildman–Crippen LogP) is 1.49. The molecule has 5 heteroatoms. The Labute approximate surface area is 102 Å². The maximum absolute atomic E-state index is 11.6. The molecule has 5 nitrogen and oxygen atoms in total. The average molecular weight is 236 g/mol. The highest BCUT2D eigenvalue weighted by atomic mass is 16.2. The molecule has 0 saturated carbocycles. The third-order valence-corrected chi connectivity index (χ3v) is 2.60. The van der Waals surface area contributed by atoms with Gasteiger partial charge in [0.2, 0.25) is 5.91 Å². The lowest BCUT2D eigenvalue weighted by Crippen LogP contribution is -2.32. The molecule has 0 fully saturated rings. The van der Waals surface area contributed by atoms with Crippen molar-refractivity contribution < 1.29 is 4.79 Å². The lowest BCUT2D eigenvalue weighted by Gasteiger charge is -2.15. The van der Waals surface area contributed by atoms with Gasteiger partial charge >= 0.3 is 0 Å². The van der Waals surface area contributed by atoms with Crippen LogP contribution in [0.25, 0.3) is 0 Å². The Morgan fingerprint density at radius 1 is 1.47 bits per heavy atom. The first-order chi connectivity index (χ1) is 8.04. The number of carbonyl (C=O) groups is 1. The molecule has 0 aromatic carbocycles. The van der Waals surface area contributed by atoms with Crippen molar-refractivity contribution in [2.24, 2.45) is 0 Å². The summed E-state index contributed by atoms with van der Waals surface area (Å²) in [5.74, 6) is 1.10. The minimum Gasteiger partial charge on any atom is -0.361 e. The van der Waals surface area contributed by atoms with Crippen LogP contribution in [0.1, 0.15) is 32.4 Å². The largest absolute Gasteiger partial charge is 0.361 e. The van der Waals surface area contributed by atoms with E-state index < -0.39 is 0 Å². The first kappa shape index (κ1) is 13.4. The molecule has 0 aliphatic carbocycles. The molecule has 0 saturated heterocycles. The Morgan fingerprint density at radius 2 is 2.18 bits per heavy atom. The van der Waals surface area contributed by atoms with Crippen molar-refractivity contribution in [2.75, 3.05) is 25.5 Å². The van der Waals surface area contributed by atoms with Crippen LogP contribution in [0.4, 0.5) is 5.82 Å². The van der Waals surface area contributed by atoms with Crippen molar-refractivity contribution in [3.8, 4) is 0 Å². The molecule has 0 aliphatic rings. The Kier molecular flexibility index (Phi) is 4.87. The van der Waals surface area contributed by atoms with E-state index in [1.54, 1.807) is 11.9 Å². The van der Waals surface area contributed by atoms with Gasteiger partial charge in [-0.05, 0) is 12.8 Å². The first-order valence-corrected chi connectivity index (χ1v) is 5.84. The van der Waals surface area contributed by atoms with E-state index in [-0.39, 0.29) is 12.5 Å². The van der Waals surface area contributed by atoms with Crippen molar-refractivity contribution in [3.05, 3.63) is 18.1 Å². The number of hydrogen-bond acceptors (Lipinski definition) is 4. The fraction of sp³-hybridized carbons (Fsp3) is 0.583. The number of anilines is 1. The highest BCUT2D eigenvalue weighted by molar-refractivity contribution is 5.80. The van der Waals surface area contributed by atoms with Crippen LogP contribution in [0.3, 0.4) is 0 Å². The molecule has 1 amide bonds. The lowest BCUT2D eigenvalue weighted by atomic mass is 10.1. The van der Waals surface area contributed by atoms with E-state index in [9.17, 15) is 4.79 Å². The Morgan fingerprint density at radius 3 is 2.76 bits per heavy atom. The predicted molar refractivity (Wildman–Crippen MR) is 67.9 cm³/mol. The first-order valence-electron chi connectivity index (χ1n) is 5.84. The van der Waals surface area contributed by atoms with E-state index >= 15 is 0 Å². The third kappa shape index (κ3) is 4.01. The standard InChI is InChI=1S/C12H20N4O/c1-5-16(4)12(17)7-13-11-6-10(9(2)3)14-8-15-11/h6,8-9H,5,7H2,1-4H3,(H,13,14,15). The molecule has 0 atom stereocenters.